The highest BCUT2D eigenvalue weighted by Crippen LogP contribution is 2.29. The Morgan fingerprint density at radius 3 is 2.51 bits per heavy atom. The monoisotopic (exact) mass is 514 g/mol. The molecule has 7 heteroatoms. The van der Waals surface area contributed by atoms with Crippen molar-refractivity contribution in [1.82, 2.24) is 10.0 Å². The summed E-state index contributed by atoms with van der Waals surface area (Å²) < 4.78 is 34.0. The summed E-state index contributed by atoms with van der Waals surface area (Å²) in [4.78, 5) is 0.231. The fourth-order valence-electron chi connectivity index (χ4n) is 3.80. The third kappa shape index (κ3) is 8.65. The van der Waals surface area contributed by atoms with Crippen LogP contribution < -0.4 is 14.8 Å². The van der Waals surface area contributed by atoms with Gasteiger partial charge in [-0.05, 0) is 61.2 Å². The molecular formula is C28H35ClN2O3S. The van der Waals surface area contributed by atoms with Gasteiger partial charge in [0.15, 0.2) is 0 Å². The predicted molar refractivity (Wildman–Crippen MR) is 144 cm³/mol. The Hall–Kier alpha value is -2.38. The molecule has 0 amide bonds. The van der Waals surface area contributed by atoms with E-state index in [1.165, 1.54) is 12.1 Å². The van der Waals surface area contributed by atoms with Gasteiger partial charge in [0.1, 0.15) is 11.5 Å². The van der Waals surface area contributed by atoms with Gasteiger partial charge >= 0.3 is 0 Å². The molecule has 0 aliphatic heterocycles. The minimum absolute atomic E-state index is 0.0232. The molecule has 3 rings (SSSR count). The minimum Gasteiger partial charge on any atom is -0.461 e. The Morgan fingerprint density at radius 1 is 1.00 bits per heavy atom. The molecule has 1 aliphatic carbocycles. The first-order valence-corrected chi connectivity index (χ1v) is 13.9. The molecule has 0 fully saturated rings. The average Bonchev–Trinajstić information content (AvgIpc) is 3.12. The van der Waals surface area contributed by atoms with Crippen LogP contribution in [0.3, 0.4) is 0 Å². The molecule has 2 N–H and O–H groups in total. The fourth-order valence-corrected chi connectivity index (χ4v) is 4.96. The number of sulfonamides is 1. The number of nitrogens with one attached hydrogen (secondary N) is 2. The molecule has 1 aliphatic rings. The van der Waals surface area contributed by atoms with Crippen LogP contribution in [-0.2, 0) is 16.6 Å². The summed E-state index contributed by atoms with van der Waals surface area (Å²) in [5.74, 6) is 1.78. The van der Waals surface area contributed by atoms with E-state index in [-0.39, 0.29) is 10.3 Å². The lowest BCUT2D eigenvalue weighted by Crippen LogP contribution is -2.31. The molecule has 188 valence electrons. The van der Waals surface area contributed by atoms with Crippen LogP contribution in [0.5, 0.6) is 5.75 Å². The second-order valence-corrected chi connectivity index (χ2v) is 11.3. The highest BCUT2D eigenvalue weighted by Gasteiger charge is 2.23. The lowest BCUT2D eigenvalue weighted by atomic mass is 9.81. The van der Waals surface area contributed by atoms with Crippen molar-refractivity contribution in [2.24, 2.45) is 5.41 Å². The fraction of sp³-hybridized carbons (Fsp3) is 0.357. The molecule has 1 atom stereocenters. The Bertz CT molecular complexity index is 1160. The van der Waals surface area contributed by atoms with Crippen LogP contribution in [0, 0.1) is 5.41 Å². The van der Waals surface area contributed by atoms with Gasteiger partial charge in [-0.3, -0.25) is 0 Å². The summed E-state index contributed by atoms with van der Waals surface area (Å²) in [6.07, 6.45) is 13.5. The zero-order valence-corrected chi connectivity index (χ0v) is 22.0. The molecule has 35 heavy (non-hydrogen) atoms. The lowest BCUT2D eigenvalue weighted by Gasteiger charge is -2.28. The summed E-state index contributed by atoms with van der Waals surface area (Å²) in [7, 11) is -3.54. The van der Waals surface area contributed by atoms with Gasteiger partial charge in [-0.2, -0.15) is 0 Å². The van der Waals surface area contributed by atoms with Crippen molar-refractivity contribution in [2.75, 3.05) is 13.1 Å². The van der Waals surface area contributed by atoms with E-state index in [1.807, 2.05) is 42.5 Å². The van der Waals surface area contributed by atoms with Crippen LogP contribution in [0.4, 0.5) is 0 Å². The Balaban J connectivity index is 1.47. The van der Waals surface area contributed by atoms with Crippen molar-refractivity contribution in [2.45, 2.75) is 51.0 Å². The van der Waals surface area contributed by atoms with Crippen molar-refractivity contribution in [3.63, 3.8) is 0 Å². The number of benzene rings is 2. The van der Waals surface area contributed by atoms with E-state index >= 15 is 0 Å². The maximum Gasteiger partial charge on any atom is 0.240 e. The summed E-state index contributed by atoms with van der Waals surface area (Å²) in [5.41, 5.74) is 1.13. The standard InChI is InChI=1S/C28H35ClN2O3S/c1-3-28(2,19-21-31-35(32,33)26-16-14-24(29)15-17-26)18-20-30-22-23-10-8-9-13-27(23)34-25-11-6-4-5-7-12-25/h4-11,13-17,30-31H,3,12,18-22H2,1-2H3. The van der Waals surface area contributed by atoms with Crippen molar-refractivity contribution in [3.8, 4) is 5.75 Å². The largest absolute Gasteiger partial charge is 0.461 e. The van der Waals surface area contributed by atoms with Crippen molar-refractivity contribution < 1.29 is 13.2 Å². The van der Waals surface area contributed by atoms with Crippen LogP contribution >= 0.6 is 11.6 Å². The van der Waals surface area contributed by atoms with E-state index in [2.05, 4.69) is 36.0 Å². The maximum atomic E-state index is 12.5. The smallest absolute Gasteiger partial charge is 0.240 e. The first kappa shape index (κ1) is 27.2. The molecular weight excluding hydrogens is 480 g/mol. The first-order valence-electron chi connectivity index (χ1n) is 12.1. The molecule has 1 unspecified atom stereocenters. The molecule has 0 saturated heterocycles. The van der Waals surface area contributed by atoms with Crippen LogP contribution in [0.15, 0.2) is 89.6 Å². The summed E-state index contributed by atoms with van der Waals surface area (Å²) in [6, 6.07) is 14.3. The summed E-state index contributed by atoms with van der Waals surface area (Å²) in [5, 5.41) is 4.05. The quantitative estimate of drug-likeness (QED) is 0.304. The van der Waals surface area contributed by atoms with Gasteiger partial charge in [-0.15, -0.1) is 0 Å². The van der Waals surface area contributed by atoms with Gasteiger partial charge in [0, 0.05) is 30.1 Å². The number of allylic oxidation sites excluding steroid dienone is 5. The number of hydrogen-bond donors (Lipinski definition) is 2. The molecule has 0 saturated carbocycles. The Morgan fingerprint density at radius 2 is 1.74 bits per heavy atom. The number of hydrogen-bond acceptors (Lipinski definition) is 4. The summed E-state index contributed by atoms with van der Waals surface area (Å²) in [6.45, 7) is 6.29. The zero-order valence-electron chi connectivity index (χ0n) is 20.5. The normalized spacial score (nSPS) is 15.3. The van der Waals surface area contributed by atoms with E-state index in [9.17, 15) is 8.42 Å². The number of rotatable bonds is 13. The van der Waals surface area contributed by atoms with Crippen LogP contribution in [-0.4, -0.2) is 21.5 Å². The molecule has 2 aromatic rings. The van der Waals surface area contributed by atoms with E-state index in [0.29, 0.717) is 18.1 Å². The van der Waals surface area contributed by atoms with Crippen LogP contribution in [0.2, 0.25) is 5.02 Å². The molecule has 0 bridgehead atoms. The predicted octanol–water partition coefficient (Wildman–Crippen LogP) is 6.38. The lowest BCUT2D eigenvalue weighted by molar-refractivity contribution is 0.258. The van der Waals surface area contributed by atoms with Gasteiger partial charge < -0.3 is 10.1 Å². The molecule has 0 spiro atoms. The molecule has 2 aromatic carbocycles. The average molecular weight is 515 g/mol. The van der Waals surface area contributed by atoms with Gasteiger partial charge in [0.05, 0.1) is 4.90 Å². The second kappa shape index (κ2) is 13.1. The number of halogens is 1. The first-order chi connectivity index (χ1) is 16.8. The zero-order chi connectivity index (χ0) is 25.2. The van der Waals surface area contributed by atoms with Gasteiger partial charge in [0.2, 0.25) is 10.0 Å². The SMILES string of the molecule is CCC(C)(CCNCc1ccccc1OC1=CC=CC=CC1)CCNS(=O)(=O)c1ccc(Cl)cc1. The van der Waals surface area contributed by atoms with Gasteiger partial charge in [-0.25, -0.2) is 13.1 Å². The van der Waals surface area contributed by atoms with Crippen molar-refractivity contribution >= 4 is 21.6 Å². The van der Waals surface area contributed by atoms with E-state index < -0.39 is 10.0 Å². The van der Waals surface area contributed by atoms with E-state index in [0.717, 1.165) is 49.3 Å². The van der Waals surface area contributed by atoms with Crippen molar-refractivity contribution in [1.29, 1.82) is 0 Å². The molecule has 0 heterocycles. The third-order valence-electron chi connectivity index (χ3n) is 6.39. The number of para-hydroxylation sites is 1. The molecule has 0 radical (unpaired) electrons. The van der Waals surface area contributed by atoms with E-state index in [1.54, 1.807) is 12.1 Å². The second-order valence-electron chi connectivity index (χ2n) is 9.05. The third-order valence-corrected chi connectivity index (χ3v) is 8.12. The number of ether oxygens (including phenoxy) is 1. The topological polar surface area (TPSA) is 67.4 Å². The highest BCUT2D eigenvalue weighted by molar-refractivity contribution is 7.89. The van der Waals surface area contributed by atoms with Crippen molar-refractivity contribution in [3.05, 3.63) is 95.3 Å². The Kier molecular flexibility index (Phi) is 10.2. The van der Waals surface area contributed by atoms with Gasteiger partial charge in [0.25, 0.3) is 0 Å². The molecule has 0 aromatic heterocycles. The molecule has 5 nitrogen and oxygen atoms in total. The van der Waals surface area contributed by atoms with Crippen LogP contribution in [0.25, 0.3) is 0 Å². The highest BCUT2D eigenvalue weighted by atomic mass is 35.5. The van der Waals surface area contributed by atoms with Gasteiger partial charge in [-0.1, -0.05) is 74.4 Å². The van der Waals surface area contributed by atoms with Crippen LogP contribution in [0.1, 0.15) is 45.1 Å². The Labute approximate surface area is 215 Å². The maximum absolute atomic E-state index is 12.5. The van der Waals surface area contributed by atoms with E-state index in [4.69, 9.17) is 16.3 Å². The minimum atomic E-state index is -3.54. The summed E-state index contributed by atoms with van der Waals surface area (Å²) >= 11 is 5.87.